The van der Waals surface area contributed by atoms with Gasteiger partial charge in [0.1, 0.15) is 11.6 Å². The number of amides is 3. The number of carbonyl (C=O) groups is 3. The highest BCUT2D eigenvalue weighted by molar-refractivity contribution is 7.12. The van der Waals surface area contributed by atoms with E-state index in [2.05, 4.69) is 10.6 Å². The third-order valence-corrected chi connectivity index (χ3v) is 6.67. The Hall–Kier alpha value is -3.46. The standard InChI is InChI=1S/C25H26FN3O4S/c26-18-11-9-17(10-12-18)16-29(22(30)15-27-24(31)21-8-4-14-34-21)23(20-7-3-13-33-20)25(32)28-19-5-1-2-6-19/h3-4,7-14,19,23H,1-2,5-6,15-16H2,(H,27,31)(H,28,32)/t23-/m1/s1. The second-order valence-corrected chi connectivity index (χ2v) is 9.16. The number of carbonyl (C=O) groups excluding carboxylic acids is 3. The molecule has 2 aromatic heterocycles. The minimum Gasteiger partial charge on any atom is -0.467 e. The van der Waals surface area contributed by atoms with Crippen molar-refractivity contribution in [3.63, 3.8) is 0 Å². The summed E-state index contributed by atoms with van der Waals surface area (Å²) in [6.07, 6.45) is 5.32. The normalized spacial score (nSPS) is 14.5. The average Bonchev–Trinajstić information content (AvgIpc) is 3.62. The Bertz CT molecular complexity index is 1090. The van der Waals surface area contributed by atoms with Crippen molar-refractivity contribution in [3.8, 4) is 0 Å². The molecule has 34 heavy (non-hydrogen) atoms. The number of halogens is 1. The Kier molecular flexibility index (Phi) is 7.74. The van der Waals surface area contributed by atoms with E-state index in [0.29, 0.717) is 16.2 Å². The first-order valence-corrected chi connectivity index (χ1v) is 12.1. The van der Waals surface area contributed by atoms with Gasteiger partial charge in [-0.3, -0.25) is 14.4 Å². The molecule has 0 unspecified atom stereocenters. The Balaban J connectivity index is 1.58. The van der Waals surface area contributed by atoms with Crippen molar-refractivity contribution in [2.75, 3.05) is 6.54 Å². The molecule has 2 heterocycles. The zero-order valence-electron chi connectivity index (χ0n) is 18.5. The first-order valence-electron chi connectivity index (χ1n) is 11.2. The summed E-state index contributed by atoms with van der Waals surface area (Å²) in [6, 6.07) is 11.5. The highest BCUT2D eigenvalue weighted by Crippen LogP contribution is 2.26. The number of rotatable bonds is 9. The highest BCUT2D eigenvalue weighted by atomic mass is 32.1. The third kappa shape index (κ3) is 5.91. The maximum Gasteiger partial charge on any atom is 0.261 e. The highest BCUT2D eigenvalue weighted by Gasteiger charge is 2.35. The predicted octanol–water partition coefficient (Wildman–Crippen LogP) is 4.04. The molecular formula is C25H26FN3O4S. The van der Waals surface area contributed by atoms with Crippen LogP contribution < -0.4 is 10.6 Å². The van der Waals surface area contributed by atoms with E-state index in [0.717, 1.165) is 25.7 Å². The Morgan fingerprint density at radius 2 is 1.85 bits per heavy atom. The molecule has 2 N–H and O–H groups in total. The van der Waals surface area contributed by atoms with Crippen molar-refractivity contribution in [3.05, 3.63) is 82.2 Å². The molecule has 0 aliphatic heterocycles. The minimum absolute atomic E-state index is 0.0391. The summed E-state index contributed by atoms with van der Waals surface area (Å²) >= 11 is 1.27. The summed E-state index contributed by atoms with van der Waals surface area (Å²) in [7, 11) is 0. The zero-order chi connectivity index (χ0) is 23.9. The molecule has 9 heteroatoms. The predicted molar refractivity (Wildman–Crippen MR) is 125 cm³/mol. The molecule has 0 saturated heterocycles. The van der Waals surface area contributed by atoms with Gasteiger partial charge in [0.15, 0.2) is 6.04 Å². The van der Waals surface area contributed by atoms with E-state index < -0.39 is 17.8 Å². The fraction of sp³-hybridized carbons (Fsp3) is 0.320. The number of furan rings is 1. The van der Waals surface area contributed by atoms with Crippen LogP contribution in [0.2, 0.25) is 0 Å². The summed E-state index contributed by atoms with van der Waals surface area (Å²) < 4.78 is 19.0. The van der Waals surface area contributed by atoms with Crippen LogP contribution in [0.25, 0.3) is 0 Å². The lowest BCUT2D eigenvalue weighted by Gasteiger charge is -2.31. The summed E-state index contributed by atoms with van der Waals surface area (Å²) in [5.74, 6) is -1.25. The molecule has 0 radical (unpaired) electrons. The molecule has 0 bridgehead atoms. The zero-order valence-corrected chi connectivity index (χ0v) is 19.4. The molecule has 1 aromatic carbocycles. The Morgan fingerprint density at radius 3 is 2.50 bits per heavy atom. The maximum atomic E-state index is 13.5. The lowest BCUT2D eigenvalue weighted by molar-refractivity contribution is -0.141. The second-order valence-electron chi connectivity index (χ2n) is 8.22. The van der Waals surface area contributed by atoms with Gasteiger partial charge in [0.25, 0.3) is 11.8 Å². The van der Waals surface area contributed by atoms with Gasteiger partial charge in [-0.2, -0.15) is 0 Å². The number of thiophene rings is 1. The van der Waals surface area contributed by atoms with Crippen LogP contribution in [0.4, 0.5) is 4.39 Å². The first-order chi connectivity index (χ1) is 16.5. The number of hydrogen-bond acceptors (Lipinski definition) is 5. The van der Waals surface area contributed by atoms with Crippen LogP contribution in [-0.4, -0.2) is 35.2 Å². The van der Waals surface area contributed by atoms with Gasteiger partial charge >= 0.3 is 0 Å². The molecule has 1 aliphatic rings. The van der Waals surface area contributed by atoms with Gasteiger partial charge in [0.2, 0.25) is 5.91 Å². The van der Waals surface area contributed by atoms with E-state index in [9.17, 15) is 18.8 Å². The lowest BCUT2D eigenvalue weighted by Crippen LogP contribution is -2.48. The smallest absolute Gasteiger partial charge is 0.261 e. The van der Waals surface area contributed by atoms with Gasteiger partial charge in [-0.15, -0.1) is 11.3 Å². The van der Waals surface area contributed by atoms with E-state index >= 15 is 0 Å². The van der Waals surface area contributed by atoms with Crippen LogP contribution >= 0.6 is 11.3 Å². The number of hydrogen-bond donors (Lipinski definition) is 2. The van der Waals surface area contributed by atoms with Gasteiger partial charge in [0.05, 0.1) is 17.7 Å². The van der Waals surface area contributed by atoms with Gasteiger partial charge < -0.3 is 20.0 Å². The molecule has 3 aromatic rings. The number of nitrogens with zero attached hydrogens (tertiary/aromatic N) is 1. The van der Waals surface area contributed by atoms with Crippen LogP contribution in [-0.2, 0) is 16.1 Å². The summed E-state index contributed by atoms with van der Waals surface area (Å²) in [5.41, 5.74) is 0.643. The van der Waals surface area contributed by atoms with Crippen LogP contribution in [0.1, 0.15) is 52.7 Å². The quantitative estimate of drug-likeness (QED) is 0.481. The van der Waals surface area contributed by atoms with E-state index in [1.807, 2.05) is 0 Å². The largest absolute Gasteiger partial charge is 0.467 e. The minimum atomic E-state index is -1.04. The molecule has 4 rings (SSSR count). The Labute approximate surface area is 200 Å². The molecule has 178 valence electrons. The van der Waals surface area contributed by atoms with Crippen LogP contribution in [0.5, 0.6) is 0 Å². The number of benzene rings is 1. The second kappa shape index (κ2) is 11.1. The SMILES string of the molecule is O=C(NCC(=O)N(Cc1ccc(F)cc1)[C@@H](C(=O)NC1CCCC1)c1ccco1)c1cccs1. The summed E-state index contributed by atoms with van der Waals surface area (Å²) in [4.78, 5) is 41.0. The Morgan fingerprint density at radius 1 is 1.09 bits per heavy atom. The van der Waals surface area contributed by atoms with Crippen LogP contribution in [0.3, 0.4) is 0 Å². The van der Waals surface area contributed by atoms with Crippen LogP contribution in [0, 0.1) is 5.82 Å². The number of nitrogens with one attached hydrogen (secondary N) is 2. The summed E-state index contributed by atoms with van der Waals surface area (Å²) in [5, 5.41) is 7.45. The molecule has 1 fully saturated rings. The van der Waals surface area contributed by atoms with E-state index in [-0.39, 0.29) is 30.9 Å². The fourth-order valence-electron chi connectivity index (χ4n) is 4.08. The van der Waals surface area contributed by atoms with Gasteiger partial charge in [0, 0.05) is 12.6 Å². The van der Waals surface area contributed by atoms with Crippen molar-refractivity contribution in [2.24, 2.45) is 0 Å². The van der Waals surface area contributed by atoms with E-state index in [1.54, 1.807) is 41.8 Å². The molecule has 1 aliphatic carbocycles. The summed E-state index contributed by atoms with van der Waals surface area (Å²) in [6.45, 7) is -0.261. The molecular weight excluding hydrogens is 457 g/mol. The van der Waals surface area contributed by atoms with Gasteiger partial charge in [-0.25, -0.2) is 4.39 Å². The van der Waals surface area contributed by atoms with Crippen molar-refractivity contribution in [1.29, 1.82) is 0 Å². The van der Waals surface area contributed by atoms with Crippen LogP contribution in [0.15, 0.2) is 64.6 Å². The van der Waals surface area contributed by atoms with E-state index in [4.69, 9.17) is 4.42 Å². The van der Waals surface area contributed by atoms with Gasteiger partial charge in [-0.05, 0) is 54.1 Å². The van der Waals surface area contributed by atoms with Crippen molar-refractivity contribution < 1.29 is 23.2 Å². The van der Waals surface area contributed by atoms with E-state index in [1.165, 1.54) is 34.6 Å². The first kappa shape index (κ1) is 23.7. The topological polar surface area (TPSA) is 91.7 Å². The third-order valence-electron chi connectivity index (χ3n) is 5.81. The maximum absolute atomic E-state index is 13.5. The average molecular weight is 484 g/mol. The molecule has 1 atom stereocenters. The van der Waals surface area contributed by atoms with Crippen molar-refractivity contribution in [2.45, 2.75) is 44.3 Å². The molecule has 1 saturated carbocycles. The van der Waals surface area contributed by atoms with Crippen molar-refractivity contribution >= 4 is 29.1 Å². The molecule has 0 spiro atoms. The lowest BCUT2D eigenvalue weighted by atomic mass is 10.1. The molecule has 3 amide bonds. The monoisotopic (exact) mass is 483 g/mol. The fourth-order valence-corrected chi connectivity index (χ4v) is 4.72. The van der Waals surface area contributed by atoms with Gasteiger partial charge in [-0.1, -0.05) is 31.0 Å². The molecule has 7 nitrogen and oxygen atoms in total. The van der Waals surface area contributed by atoms with Crippen molar-refractivity contribution in [1.82, 2.24) is 15.5 Å².